The Morgan fingerprint density at radius 1 is 1.25 bits per heavy atom. The van der Waals surface area contributed by atoms with Crippen LogP contribution in [0.4, 0.5) is 0 Å². The van der Waals surface area contributed by atoms with Crippen LogP contribution in [-0.2, 0) is 0 Å². The highest BCUT2D eigenvalue weighted by molar-refractivity contribution is 4.73. The van der Waals surface area contributed by atoms with E-state index < -0.39 is 0 Å². The van der Waals surface area contributed by atoms with E-state index in [-0.39, 0.29) is 0 Å². The number of rotatable bonds is 1. The fourth-order valence-electron chi connectivity index (χ4n) is 0.697. The molecular weight excluding hydrogens is 98.1 g/mol. The van der Waals surface area contributed by atoms with Gasteiger partial charge in [0.05, 0.1) is 0 Å². The summed E-state index contributed by atoms with van der Waals surface area (Å²) in [5.41, 5.74) is 0. The summed E-state index contributed by atoms with van der Waals surface area (Å²) < 4.78 is 0. The van der Waals surface area contributed by atoms with Crippen LogP contribution in [0.15, 0.2) is 0 Å². The molecule has 0 atom stereocenters. The fourth-order valence-corrected chi connectivity index (χ4v) is 0.697. The molecule has 0 aliphatic heterocycles. The zero-order chi connectivity index (χ0) is 6.41. The summed E-state index contributed by atoms with van der Waals surface area (Å²) in [6.45, 7) is 4.00. The van der Waals surface area contributed by atoms with Gasteiger partial charge in [-0.3, -0.25) is 0 Å². The first-order chi connectivity index (χ1) is 3.93. The maximum atomic E-state index is 3.20. The van der Waals surface area contributed by atoms with Gasteiger partial charge in [0.1, 0.15) is 0 Å². The van der Waals surface area contributed by atoms with Crippen molar-refractivity contribution in [1.82, 2.24) is 5.32 Å². The van der Waals surface area contributed by atoms with Gasteiger partial charge in [-0.2, -0.15) is 0 Å². The van der Waals surface area contributed by atoms with Crippen LogP contribution in [0.25, 0.3) is 0 Å². The molecule has 1 nitrogen and oxygen atoms in total. The van der Waals surface area contributed by atoms with E-state index in [4.69, 9.17) is 0 Å². The first-order valence-electron chi connectivity index (χ1n) is 3.61. The zero-order valence-electron chi connectivity index (χ0n) is 6.20. The molecule has 1 aliphatic carbocycles. The first-order valence-corrected chi connectivity index (χ1v) is 3.61. The third-order valence-corrected chi connectivity index (χ3v) is 1.51. The van der Waals surface area contributed by atoms with Gasteiger partial charge in [0, 0.05) is 6.04 Å². The second kappa shape index (κ2) is 5.10. The summed E-state index contributed by atoms with van der Waals surface area (Å²) in [6, 6.07) is 0.866. The number of hydrogen-bond donors (Lipinski definition) is 1. The maximum absolute atomic E-state index is 3.20. The van der Waals surface area contributed by atoms with Crippen molar-refractivity contribution in [3.8, 4) is 0 Å². The lowest BCUT2D eigenvalue weighted by Gasteiger charge is -2.23. The van der Waals surface area contributed by atoms with Crippen molar-refractivity contribution in [3.05, 3.63) is 0 Å². The Balaban J connectivity index is 0.000000222. The average molecular weight is 115 g/mol. The summed E-state index contributed by atoms with van der Waals surface area (Å²) >= 11 is 0. The van der Waals surface area contributed by atoms with E-state index in [0.717, 1.165) is 6.04 Å². The van der Waals surface area contributed by atoms with E-state index in [0.29, 0.717) is 0 Å². The van der Waals surface area contributed by atoms with E-state index in [1.165, 1.54) is 19.3 Å². The van der Waals surface area contributed by atoms with Crippen molar-refractivity contribution in [2.24, 2.45) is 0 Å². The minimum Gasteiger partial charge on any atom is -0.317 e. The van der Waals surface area contributed by atoms with Crippen LogP contribution >= 0.6 is 0 Å². The Hall–Kier alpha value is -0.0400. The molecule has 8 heavy (non-hydrogen) atoms. The highest BCUT2D eigenvalue weighted by Crippen LogP contribution is 2.16. The normalized spacial score (nSPS) is 18.4. The lowest BCUT2D eigenvalue weighted by molar-refractivity contribution is 0.361. The molecule has 1 fully saturated rings. The molecule has 0 heterocycles. The van der Waals surface area contributed by atoms with Crippen molar-refractivity contribution in [1.29, 1.82) is 0 Å². The first kappa shape index (κ1) is 7.96. The van der Waals surface area contributed by atoms with Crippen LogP contribution in [0.5, 0.6) is 0 Å². The smallest absolute Gasteiger partial charge is 0.00640 e. The Morgan fingerprint density at radius 3 is 1.75 bits per heavy atom. The van der Waals surface area contributed by atoms with Gasteiger partial charge >= 0.3 is 0 Å². The van der Waals surface area contributed by atoms with E-state index in [1.807, 2.05) is 20.9 Å². The molecule has 0 radical (unpaired) electrons. The largest absolute Gasteiger partial charge is 0.317 e. The van der Waals surface area contributed by atoms with Gasteiger partial charge in [0.25, 0.3) is 0 Å². The highest BCUT2D eigenvalue weighted by atomic mass is 14.9. The molecule has 0 amide bonds. The van der Waals surface area contributed by atoms with Gasteiger partial charge in [-0.1, -0.05) is 20.3 Å². The monoisotopic (exact) mass is 115 g/mol. The summed E-state index contributed by atoms with van der Waals surface area (Å²) in [5, 5.41) is 3.20. The topological polar surface area (TPSA) is 12.0 Å². The quantitative estimate of drug-likeness (QED) is 0.549. The Bertz CT molecular complexity index is 36.9. The molecular formula is C7H17N. The second-order valence-corrected chi connectivity index (χ2v) is 1.92. The molecule has 1 aliphatic rings. The predicted molar refractivity (Wildman–Crippen MR) is 38.0 cm³/mol. The van der Waals surface area contributed by atoms with Gasteiger partial charge < -0.3 is 5.32 Å². The Morgan fingerprint density at radius 2 is 1.75 bits per heavy atom. The van der Waals surface area contributed by atoms with Crippen LogP contribution in [0.1, 0.15) is 33.1 Å². The fraction of sp³-hybridized carbons (Fsp3) is 1.00. The molecule has 0 unspecified atom stereocenters. The summed E-state index contributed by atoms with van der Waals surface area (Å²) in [7, 11) is 2.03. The van der Waals surface area contributed by atoms with Crippen LogP contribution in [0, 0.1) is 0 Å². The third-order valence-electron chi connectivity index (χ3n) is 1.51. The molecule has 1 saturated carbocycles. The predicted octanol–water partition coefficient (Wildman–Crippen LogP) is 1.78. The van der Waals surface area contributed by atoms with Crippen molar-refractivity contribution in [2.75, 3.05) is 7.05 Å². The molecule has 1 rings (SSSR count). The zero-order valence-corrected chi connectivity index (χ0v) is 6.20. The summed E-state index contributed by atoms with van der Waals surface area (Å²) in [6.07, 6.45) is 4.23. The maximum Gasteiger partial charge on any atom is 0.00640 e. The lowest BCUT2D eigenvalue weighted by atomic mass is 9.94. The molecule has 1 N–H and O–H groups in total. The molecule has 0 aromatic heterocycles. The minimum absolute atomic E-state index is 0.866. The second-order valence-electron chi connectivity index (χ2n) is 1.92. The Labute approximate surface area is 52.5 Å². The molecule has 0 saturated heterocycles. The van der Waals surface area contributed by atoms with Gasteiger partial charge in [0.15, 0.2) is 0 Å². The molecule has 0 spiro atoms. The van der Waals surface area contributed by atoms with Crippen LogP contribution < -0.4 is 5.32 Å². The van der Waals surface area contributed by atoms with Crippen molar-refractivity contribution >= 4 is 0 Å². The molecule has 0 bridgehead atoms. The SMILES string of the molecule is CC.CNC1CCC1. The Kier molecular flexibility index (Phi) is 5.08. The molecule has 50 valence electrons. The van der Waals surface area contributed by atoms with Crippen molar-refractivity contribution in [3.63, 3.8) is 0 Å². The summed E-state index contributed by atoms with van der Waals surface area (Å²) in [4.78, 5) is 0. The number of nitrogens with one attached hydrogen (secondary N) is 1. The van der Waals surface area contributed by atoms with Gasteiger partial charge in [0.2, 0.25) is 0 Å². The third kappa shape index (κ3) is 2.31. The molecule has 0 aromatic carbocycles. The van der Waals surface area contributed by atoms with Crippen LogP contribution in [0.3, 0.4) is 0 Å². The minimum atomic E-state index is 0.866. The average Bonchev–Trinajstić information content (AvgIpc) is 1.69. The molecule has 1 heteroatoms. The highest BCUT2D eigenvalue weighted by Gasteiger charge is 2.13. The van der Waals surface area contributed by atoms with E-state index in [9.17, 15) is 0 Å². The van der Waals surface area contributed by atoms with Crippen molar-refractivity contribution in [2.45, 2.75) is 39.2 Å². The standard InChI is InChI=1S/C5H11N.C2H6/c1-6-5-3-2-4-5;1-2/h5-6H,2-4H2,1H3;1-2H3. The number of hydrogen-bond acceptors (Lipinski definition) is 1. The van der Waals surface area contributed by atoms with E-state index >= 15 is 0 Å². The summed E-state index contributed by atoms with van der Waals surface area (Å²) in [5.74, 6) is 0. The van der Waals surface area contributed by atoms with Crippen LogP contribution in [0.2, 0.25) is 0 Å². The van der Waals surface area contributed by atoms with Gasteiger partial charge in [-0.15, -0.1) is 0 Å². The van der Waals surface area contributed by atoms with Gasteiger partial charge in [-0.05, 0) is 19.9 Å². The van der Waals surface area contributed by atoms with Gasteiger partial charge in [-0.25, -0.2) is 0 Å². The van der Waals surface area contributed by atoms with E-state index in [1.54, 1.807) is 0 Å². The lowest BCUT2D eigenvalue weighted by Crippen LogP contribution is -2.31. The van der Waals surface area contributed by atoms with E-state index in [2.05, 4.69) is 5.32 Å². The van der Waals surface area contributed by atoms with Crippen molar-refractivity contribution < 1.29 is 0 Å². The molecule has 0 aromatic rings. The van der Waals surface area contributed by atoms with Crippen LogP contribution in [-0.4, -0.2) is 13.1 Å².